The van der Waals surface area contributed by atoms with Crippen LogP contribution in [0.2, 0.25) is 0 Å². The second kappa shape index (κ2) is 7.75. The van der Waals surface area contributed by atoms with Gasteiger partial charge in [-0.2, -0.15) is 0 Å². The van der Waals surface area contributed by atoms with Crippen LogP contribution in [-0.4, -0.2) is 22.0 Å². The SMILES string of the molecule is Cc1cccc(C(NC(=O)Cc2nc(-c3cccs3)oc2C)C(=O)O)c1C. The lowest BCUT2D eigenvalue weighted by Crippen LogP contribution is -2.35. The summed E-state index contributed by atoms with van der Waals surface area (Å²) in [4.78, 5) is 29.5. The number of amides is 1. The zero-order valence-corrected chi connectivity index (χ0v) is 16.1. The third-order valence-electron chi connectivity index (χ3n) is 4.46. The maximum absolute atomic E-state index is 12.5. The highest BCUT2D eigenvalue weighted by atomic mass is 32.1. The topological polar surface area (TPSA) is 92.4 Å². The molecule has 3 rings (SSSR count). The van der Waals surface area contributed by atoms with Crippen LogP contribution in [0, 0.1) is 20.8 Å². The average Bonchev–Trinajstić information content (AvgIpc) is 3.26. The van der Waals surface area contributed by atoms with Crippen molar-refractivity contribution in [2.45, 2.75) is 33.2 Å². The molecule has 1 atom stereocenters. The zero-order chi connectivity index (χ0) is 19.6. The Morgan fingerprint density at radius 3 is 2.67 bits per heavy atom. The molecule has 0 saturated carbocycles. The molecule has 0 fully saturated rings. The first kappa shape index (κ1) is 18.8. The van der Waals surface area contributed by atoms with Crippen molar-refractivity contribution in [3.05, 3.63) is 63.9 Å². The number of nitrogens with one attached hydrogen (secondary N) is 1. The summed E-state index contributed by atoms with van der Waals surface area (Å²) in [7, 11) is 0. The van der Waals surface area contributed by atoms with Gasteiger partial charge in [0.15, 0.2) is 6.04 Å². The van der Waals surface area contributed by atoms with Crippen molar-refractivity contribution in [3.63, 3.8) is 0 Å². The molecular weight excluding hydrogens is 364 g/mol. The molecule has 0 bridgehead atoms. The largest absolute Gasteiger partial charge is 0.479 e. The molecule has 2 N–H and O–H groups in total. The molecule has 0 aliphatic rings. The summed E-state index contributed by atoms with van der Waals surface area (Å²) >= 11 is 1.50. The number of carbonyl (C=O) groups excluding carboxylic acids is 1. The summed E-state index contributed by atoms with van der Waals surface area (Å²) in [6.07, 6.45) is -0.0463. The number of carboxylic acid groups (broad SMARTS) is 1. The van der Waals surface area contributed by atoms with Crippen LogP contribution >= 0.6 is 11.3 Å². The van der Waals surface area contributed by atoms with Gasteiger partial charge in [-0.3, -0.25) is 4.79 Å². The Hall–Kier alpha value is -2.93. The molecule has 140 valence electrons. The Labute approximate surface area is 160 Å². The van der Waals surface area contributed by atoms with E-state index in [1.807, 2.05) is 37.4 Å². The van der Waals surface area contributed by atoms with E-state index in [4.69, 9.17) is 4.42 Å². The minimum atomic E-state index is -1.11. The molecule has 1 aromatic carbocycles. The van der Waals surface area contributed by atoms with E-state index in [0.29, 0.717) is 22.9 Å². The van der Waals surface area contributed by atoms with Crippen LogP contribution in [0.4, 0.5) is 0 Å². The molecule has 6 nitrogen and oxygen atoms in total. The lowest BCUT2D eigenvalue weighted by molar-refractivity contribution is -0.142. The van der Waals surface area contributed by atoms with Crippen molar-refractivity contribution in [2.75, 3.05) is 0 Å². The normalized spacial score (nSPS) is 12.0. The van der Waals surface area contributed by atoms with Gasteiger partial charge in [0.2, 0.25) is 11.8 Å². The molecular formula is C20H20N2O4S. The third-order valence-corrected chi connectivity index (χ3v) is 5.32. The minimum Gasteiger partial charge on any atom is -0.479 e. The number of aliphatic carboxylic acids is 1. The number of carbonyl (C=O) groups is 2. The number of hydrogen-bond acceptors (Lipinski definition) is 5. The van der Waals surface area contributed by atoms with Gasteiger partial charge in [0.1, 0.15) is 5.76 Å². The molecule has 3 aromatic rings. The summed E-state index contributed by atoms with van der Waals surface area (Å²) in [6, 6.07) is 8.09. The predicted octanol–water partition coefficient (Wildman–Crippen LogP) is 3.81. The number of thiophene rings is 1. The van der Waals surface area contributed by atoms with Gasteiger partial charge in [-0.05, 0) is 48.9 Å². The zero-order valence-electron chi connectivity index (χ0n) is 15.3. The predicted molar refractivity (Wildman–Crippen MR) is 103 cm³/mol. The van der Waals surface area contributed by atoms with Gasteiger partial charge in [-0.15, -0.1) is 11.3 Å². The Morgan fingerprint density at radius 2 is 2.00 bits per heavy atom. The molecule has 27 heavy (non-hydrogen) atoms. The molecule has 0 saturated heterocycles. The Morgan fingerprint density at radius 1 is 1.22 bits per heavy atom. The fourth-order valence-corrected chi connectivity index (χ4v) is 3.47. The maximum atomic E-state index is 12.5. The van der Waals surface area contributed by atoms with E-state index >= 15 is 0 Å². The summed E-state index contributed by atoms with van der Waals surface area (Å²) in [5.41, 5.74) is 2.90. The van der Waals surface area contributed by atoms with Crippen molar-refractivity contribution in [3.8, 4) is 10.8 Å². The van der Waals surface area contributed by atoms with Crippen LogP contribution in [0.3, 0.4) is 0 Å². The summed E-state index contributed by atoms with van der Waals surface area (Å²) in [5, 5.41) is 14.1. The molecule has 0 aliphatic carbocycles. The van der Waals surface area contributed by atoms with E-state index in [1.165, 1.54) is 11.3 Å². The van der Waals surface area contributed by atoms with Gasteiger partial charge >= 0.3 is 5.97 Å². The first-order valence-corrected chi connectivity index (χ1v) is 9.33. The summed E-state index contributed by atoms with van der Waals surface area (Å²) in [5.74, 6) is -0.507. The Balaban J connectivity index is 1.78. The molecule has 1 amide bonds. The van der Waals surface area contributed by atoms with Crippen molar-refractivity contribution >= 4 is 23.2 Å². The second-order valence-electron chi connectivity index (χ2n) is 6.30. The van der Waals surface area contributed by atoms with Crippen molar-refractivity contribution in [1.82, 2.24) is 10.3 Å². The highest BCUT2D eigenvalue weighted by molar-refractivity contribution is 7.13. The molecule has 2 aromatic heterocycles. The number of carboxylic acids is 1. The van der Waals surface area contributed by atoms with Gasteiger partial charge in [0, 0.05) is 0 Å². The van der Waals surface area contributed by atoms with Gasteiger partial charge in [0.05, 0.1) is 17.0 Å². The van der Waals surface area contributed by atoms with Crippen LogP contribution < -0.4 is 5.32 Å². The van der Waals surface area contributed by atoms with Crippen molar-refractivity contribution in [2.24, 2.45) is 0 Å². The number of oxazole rings is 1. The molecule has 1 unspecified atom stereocenters. The van der Waals surface area contributed by atoms with Crippen molar-refractivity contribution < 1.29 is 19.1 Å². The highest BCUT2D eigenvalue weighted by Gasteiger charge is 2.25. The summed E-state index contributed by atoms with van der Waals surface area (Å²) < 4.78 is 5.63. The van der Waals surface area contributed by atoms with E-state index in [-0.39, 0.29) is 6.42 Å². The number of rotatable bonds is 6. The van der Waals surface area contributed by atoms with E-state index in [1.54, 1.807) is 19.1 Å². The van der Waals surface area contributed by atoms with E-state index in [0.717, 1.165) is 16.0 Å². The summed E-state index contributed by atoms with van der Waals surface area (Å²) in [6.45, 7) is 5.50. The van der Waals surface area contributed by atoms with Crippen LogP contribution in [0.5, 0.6) is 0 Å². The van der Waals surface area contributed by atoms with E-state index < -0.39 is 17.9 Å². The third kappa shape index (κ3) is 4.09. The van der Waals surface area contributed by atoms with E-state index in [2.05, 4.69) is 10.3 Å². The Bertz CT molecular complexity index is 976. The number of benzene rings is 1. The van der Waals surface area contributed by atoms with Gasteiger partial charge in [-0.25, -0.2) is 9.78 Å². The van der Waals surface area contributed by atoms with Crippen LogP contribution in [0.1, 0.15) is 34.2 Å². The lowest BCUT2D eigenvalue weighted by Gasteiger charge is -2.18. The molecule has 2 heterocycles. The highest BCUT2D eigenvalue weighted by Crippen LogP contribution is 2.26. The fourth-order valence-electron chi connectivity index (χ4n) is 2.82. The molecule has 0 spiro atoms. The Kier molecular flexibility index (Phi) is 5.41. The first-order chi connectivity index (χ1) is 12.9. The van der Waals surface area contributed by atoms with Gasteiger partial charge in [0.25, 0.3) is 0 Å². The molecule has 0 radical (unpaired) electrons. The van der Waals surface area contributed by atoms with Crippen LogP contribution in [0.15, 0.2) is 40.1 Å². The monoisotopic (exact) mass is 384 g/mol. The number of aromatic nitrogens is 1. The second-order valence-corrected chi connectivity index (χ2v) is 7.25. The van der Waals surface area contributed by atoms with Crippen LogP contribution in [0.25, 0.3) is 10.8 Å². The fraction of sp³-hybridized carbons (Fsp3) is 0.250. The first-order valence-electron chi connectivity index (χ1n) is 8.45. The number of aryl methyl sites for hydroxylation is 2. The minimum absolute atomic E-state index is 0.0463. The number of hydrogen-bond donors (Lipinski definition) is 2. The van der Waals surface area contributed by atoms with Gasteiger partial charge in [-0.1, -0.05) is 24.3 Å². The van der Waals surface area contributed by atoms with E-state index in [9.17, 15) is 14.7 Å². The molecule has 7 heteroatoms. The quantitative estimate of drug-likeness (QED) is 0.674. The van der Waals surface area contributed by atoms with Crippen LogP contribution in [-0.2, 0) is 16.0 Å². The van der Waals surface area contributed by atoms with Gasteiger partial charge < -0.3 is 14.8 Å². The average molecular weight is 384 g/mol. The molecule has 0 aliphatic heterocycles. The maximum Gasteiger partial charge on any atom is 0.330 e. The smallest absolute Gasteiger partial charge is 0.330 e. The standard InChI is InChI=1S/C20H20N2O4S/c1-11-6-4-7-14(12(11)2)18(20(24)25)22-17(23)10-15-13(3)26-19(21-15)16-8-5-9-27-16/h4-9,18H,10H2,1-3H3,(H,22,23)(H,24,25). The lowest BCUT2D eigenvalue weighted by atomic mass is 9.97. The number of nitrogens with zero attached hydrogens (tertiary/aromatic N) is 1. The van der Waals surface area contributed by atoms with Crippen molar-refractivity contribution in [1.29, 1.82) is 0 Å².